The zero-order valence-corrected chi connectivity index (χ0v) is 9.90. The van der Waals surface area contributed by atoms with Crippen LogP contribution in [0, 0.1) is 0 Å². The maximum absolute atomic E-state index is 11.6. The Balaban J connectivity index is 2.10. The molecule has 0 saturated carbocycles. The van der Waals surface area contributed by atoms with Crippen LogP contribution in [0.15, 0.2) is 22.9 Å². The van der Waals surface area contributed by atoms with Crippen LogP contribution in [0.1, 0.15) is 6.42 Å². The Labute approximate surface area is 96.4 Å². The van der Waals surface area contributed by atoms with Crippen molar-refractivity contribution < 1.29 is 9.53 Å². The SMILES string of the molecule is CN1CCC(Oc2cccnc2Br)C1=O. The van der Waals surface area contributed by atoms with Crippen molar-refractivity contribution in [3.8, 4) is 5.75 Å². The number of aromatic nitrogens is 1. The summed E-state index contributed by atoms with van der Waals surface area (Å²) in [5.74, 6) is 0.650. The smallest absolute Gasteiger partial charge is 0.263 e. The Bertz CT molecular complexity index is 383. The van der Waals surface area contributed by atoms with Gasteiger partial charge in [-0.05, 0) is 28.1 Å². The van der Waals surface area contributed by atoms with Crippen LogP contribution in [0.3, 0.4) is 0 Å². The Morgan fingerprint density at radius 2 is 2.47 bits per heavy atom. The van der Waals surface area contributed by atoms with E-state index in [0.717, 1.165) is 13.0 Å². The number of likely N-dealkylation sites (tertiary alicyclic amines) is 1. The normalized spacial score (nSPS) is 20.8. The first-order valence-corrected chi connectivity index (χ1v) is 5.50. The van der Waals surface area contributed by atoms with E-state index < -0.39 is 0 Å². The third kappa shape index (κ3) is 2.12. The van der Waals surface area contributed by atoms with E-state index in [4.69, 9.17) is 4.74 Å². The number of nitrogens with zero attached hydrogens (tertiary/aromatic N) is 2. The molecule has 1 aromatic rings. The van der Waals surface area contributed by atoms with Crippen molar-refractivity contribution in [3.05, 3.63) is 22.9 Å². The van der Waals surface area contributed by atoms with Crippen LogP contribution in [0.5, 0.6) is 5.75 Å². The lowest BCUT2D eigenvalue weighted by Crippen LogP contribution is -2.29. The zero-order valence-electron chi connectivity index (χ0n) is 8.31. The molecule has 1 aromatic heterocycles. The second kappa shape index (κ2) is 4.18. The van der Waals surface area contributed by atoms with E-state index in [1.165, 1.54) is 0 Å². The summed E-state index contributed by atoms with van der Waals surface area (Å²) in [5, 5.41) is 0. The van der Waals surface area contributed by atoms with Gasteiger partial charge in [-0.1, -0.05) is 0 Å². The summed E-state index contributed by atoms with van der Waals surface area (Å²) in [6, 6.07) is 3.58. The van der Waals surface area contributed by atoms with Crippen LogP contribution in [0.25, 0.3) is 0 Å². The molecule has 0 bridgehead atoms. The van der Waals surface area contributed by atoms with Gasteiger partial charge in [0.25, 0.3) is 5.91 Å². The lowest BCUT2D eigenvalue weighted by molar-refractivity contribution is -0.132. The van der Waals surface area contributed by atoms with Crippen molar-refractivity contribution >= 4 is 21.8 Å². The number of ether oxygens (including phenoxy) is 1. The average molecular weight is 271 g/mol. The van der Waals surface area contributed by atoms with E-state index in [1.807, 2.05) is 0 Å². The van der Waals surface area contributed by atoms with Gasteiger partial charge in [0.05, 0.1) is 0 Å². The summed E-state index contributed by atoms with van der Waals surface area (Å²) >= 11 is 3.28. The third-order valence-electron chi connectivity index (χ3n) is 2.37. The molecular formula is C10H11BrN2O2. The van der Waals surface area contributed by atoms with Crippen molar-refractivity contribution in [2.24, 2.45) is 0 Å². The summed E-state index contributed by atoms with van der Waals surface area (Å²) < 4.78 is 6.22. The third-order valence-corrected chi connectivity index (χ3v) is 2.97. The van der Waals surface area contributed by atoms with Crippen LogP contribution in [0.2, 0.25) is 0 Å². The topological polar surface area (TPSA) is 42.4 Å². The molecule has 80 valence electrons. The Kier molecular flexibility index (Phi) is 2.90. The zero-order chi connectivity index (χ0) is 10.8. The molecule has 0 aliphatic carbocycles. The monoisotopic (exact) mass is 270 g/mol. The van der Waals surface area contributed by atoms with E-state index in [-0.39, 0.29) is 12.0 Å². The van der Waals surface area contributed by atoms with Gasteiger partial charge in [0.1, 0.15) is 4.60 Å². The Morgan fingerprint density at radius 1 is 1.67 bits per heavy atom. The van der Waals surface area contributed by atoms with Crippen LogP contribution in [-0.4, -0.2) is 35.5 Å². The molecule has 0 radical (unpaired) electrons. The minimum atomic E-state index is -0.365. The number of rotatable bonds is 2. The predicted molar refractivity (Wildman–Crippen MR) is 58.6 cm³/mol. The molecule has 1 aliphatic heterocycles. The second-order valence-electron chi connectivity index (χ2n) is 3.45. The van der Waals surface area contributed by atoms with Crippen molar-refractivity contribution in [2.75, 3.05) is 13.6 Å². The Morgan fingerprint density at radius 3 is 3.07 bits per heavy atom. The number of hydrogen-bond acceptors (Lipinski definition) is 3. The van der Waals surface area contributed by atoms with Gasteiger partial charge in [0.15, 0.2) is 11.9 Å². The molecule has 1 unspecified atom stereocenters. The molecule has 0 N–H and O–H groups in total. The average Bonchev–Trinajstić information content (AvgIpc) is 2.53. The molecule has 2 heterocycles. The van der Waals surface area contributed by atoms with Crippen molar-refractivity contribution in [2.45, 2.75) is 12.5 Å². The highest BCUT2D eigenvalue weighted by atomic mass is 79.9. The highest BCUT2D eigenvalue weighted by molar-refractivity contribution is 9.10. The van der Waals surface area contributed by atoms with E-state index in [0.29, 0.717) is 10.4 Å². The van der Waals surface area contributed by atoms with Gasteiger partial charge in [-0.2, -0.15) is 0 Å². The van der Waals surface area contributed by atoms with Gasteiger partial charge in [-0.3, -0.25) is 4.79 Å². The standard InChI is InChI=1S/C10H11BrN2O2/c1-13-6-4-8(10(13)14)15-7-3-2-5-12-9(7)11/h2-3,5,8H,4,6H2,1H3. The van der Waals surface area contributed by atoms with Gasteiger partial charge in [-0.15, -0.1) is 0 Å². The quantitative estimate of drug-likeness (QED) is 0.765. The molecule has 1 aliphatic rings. The summed E-state index contributed by atoms with van der Waals surface area (Å²) in [6.45, 7) is 0.751. The molecule has 15 heavy (non-hydrogen) atoms. The van der Waals surface area contributed by atoms with Gasteiger partial charge in [-0.25, -0.2) is 4.98 Å². The van der Waals surface area contributed by atoms with Crippen molar-refractivity contribution in [1.29, 1.82) is 0 Å². The second-order valence-corrected chi connectivity index (χ2v) is 4.20. The first-order valence-electron chi connectivity index (χ1n) is 4.70. The number of pyridine rings is 1. The van der Waals surface area contributed by atoms with E-state index in [1.54, 1.807) is 30.3 Å². The minimum absolute atomic E-state index is 0.0331. The first-order chi connectivity index (χ1) is 7.18. The first kappa shape index (κ1) is 10.4. The fraction of sp³-hybridized carbons (Fsp3) is 0.400. The number of amides is 1. The Hall–Kier alpha value is -1.10. The van der Waals surface area contributed by atoms with Crippen LogP contribution >= 0.6 is 15.9 Å². The summed E-state index contributed by atoms with van der Waals surface area (Å²) in [6.07, 6.45) is 2.03. The molecule has 1 fully saturated rings. The fourth-order valence-corrected chi connectivity index (χ4v) is 1.86. The molecule has 2 rings (SSSR count). The van der Waals surface area contributed by atoms with Crippen LogP contribution in [-0.2, 0) is 4.79 Å². The van der Waals surface area contributed by atoms with Crippen molar-refractivity contribution in [1.82, 2.24) is 9.88 Å². The number of likely N-dealkylation sites (N-methyl/N-ethyl adjacent to an activating group) is 1. The lowest BCUT2D eigenvalue weighted by atomic mass is 10.3. The number of halogens is 1. The predicted octanol–water partition coefficient (Wildman–Crippen LogP) is 1.45. The molecule has 0 aromatic carbocycles. The maximum Gasteiger partial charge on any atom is 0.263 e. The summed E-state index contributed by atoms with van der Waals surface area (Å²) in [5.41, 5.74) is 0. The number of hydrogen-bond donors (Lipinski definition) is 0. The van der Waals surface area contributed by atoms with Gasteiger partial charge in [0.2, 0.25) is 0 Å². The van der Waals surface area contributed by atoms with Gasteiger partial charge >= 0.3 is 0 Å². The van der Waals surface area contributed by atoms with Crippen LogP contribution in [0.4, 0.5) is 0 Å². The molecule has 4 nitrogen and oxygen atoms in total. The fourth-order valence-electron chi connectivity index (χ4n) is 1.51. The molecule has 5 heteroatoms. The van der Waals surface area contributed by atoms with E-state index >= 15 is 0 Å². The molecule has 1 amide bonds. The highest BCUT2D eigenvalue weighted by Gasteiger charge is 2.31. The number of carbonyl (C=O) groups excluding carboxylic acids is 1. The van der Waals surface area contributed by atoms with E-state index in [9.17, 15) is 4.79 Å². The molecule has 0 spiro atoms. The van der Waals surface area contributed by atoms with Crippen molar-refractivity contribution in [3.63, 3.8) is 0 Å². The summed E-state index contributed by atoms with van der Waals surface area (Å²) in [4.78, 5) is 17.3. The molecule has 1 saturated heterocycles. The maximum atomic E-state index is 11.6. The molecular weight excluding hydrogens is 260 g/mol. The largest absolute Gasteiger partial charge is 0.478 e. The molecule has 1 atom stereocenters. The number of carbonyl (C=O) groups is 1. The van der Waals surface area contributed by atoms with Crippen LogP contribution < -0.4 is 4.74 Å². The lowest BCUT2D eigenvalue weighted by Gasteiger charge is -2.13. The van der Waals surface area contributed by atoms with E-state index in [2.05, 4.69) is 20.9 Å². The van der Waals surface area contributed by atoms with Gasteiger partial charge < -0.3 is 9.64 Å². The summed E-state index contributed by atoms with van der Waals surface area (Å²) in [7, 11) is 1.78. The highest BCUT2D eigenvalue weighted by Crippen LogP contribution is 2.24. The van der Waals surface area contributed by atoms with Gasteiger partial charge in [0, 0.05) is 26.2 Å². The minimum Gasteiger partial charge on any atom is -0.478 e.